The van der Waals surface area contributed by atoms with Crippen LogP contribution in [0.3, 0.4) is 0 Å². The summed E-state index contributed by atoms with van der Waals surface area (Å²) in [5, 5.41) is 5.61. The maximum atomic E-state index is 14.0. The van der Waals surface area contributed by atoms with Crippen molar-refractivity contribution in [3.05, 3.63) is 146 Å². The van der Waals surface area contributed by atoms with Crippen LogP contribution in [0.25, 0.3) is 5.69 Å². The van der Waals surface area contributed by atoms with Gasteiger partial charge in [0.1, 0.15) is 0 Å². The zero-order chi connectivity index (χ0) is 32.3. The van der Waals surface area contributed by atoms with Crippen LogP contribution in [-0.4, -0.2) is 25.1 Å². The van der Waals surface area contributed by atoms with Gasteiger partial charge in [-0.05, 0) is 80.9 Å². The van der Waals surface area contributed by atoms with Gasteiger partial charge in [0, 0.05) is 22.0 Å². The Balaban J connectivity index is 1.47. The number of halogens is 3. The van der Waals surface area contributed by atoms with Crippen molar-refractivity contribution in [2.24, 2.45) is 5.10 Å². The topological polar surface area (TPSA) is 83.8 Å². The van der Waals surface area contributed by atoms with Crippen molar-refractivity contribution in [3.8, 4) is 5.69 Å². The van der Waals surface area contributed by atoms with Gasteiger partial charge in [-0.2, -0.15) is 5.10 Å². The minimum Gasteiger partial charge on any atom is -0.316 e. The van der Waals surface area contributed by atoms with Gasteiger partial charge in [-0.3, -0.25) is 9.10 Å². The molecule has 1 N–H and O–H groups in total. The highest BCUT2D eigenvalue weighted by molar-refractivity contribution is 7.92. The fraction of sp³-hybridized carbons (Fsp3) is 0.118. The summed E-state index contributed by atoms with van der Waals surface area (Å²) in [6.45, 7) is 5.69. The van der Waals surface area contributed by atoms with Gasteiger partial charge in [0.05, 0.1) is 44.6 Å². The molecular weight excluding hydrogens is 651 g/mol. The molecule has 0 aliphatic rings. The van der Waals surface area contributed by atoms with Crippen molar-refractivity contribution < 1.29 is 13.2 Å². The van der Waals surface area contributed by atoms with Gasteiger partial charge in [0.2, 0.25) is 0 Å². The van der Waals surface area contributed by atoms with Crippen LogP contribution >= 0.6 is 34.8 Å². The lowest BCUT2D eigenvalue weighted by Crippen LogP contribution is -2.33. The van der Waals surface area contributed by atoms with E-state index in [1.807, 2.05) is 43.5 Å². The fourth-order valence-electron chi connectivity index (χ4n) is 4.95. The van der Waals surface area contributed by atoms with Crippen LogP contribution in [0.4, 0.5) is 5.69 Å². The molecule has 5 aromatic rings. The first-order chi connectivity index (χ1) is 21.5. The van der Waals surface area contributed by atoms with E-state index >= 15 is 0 Å². The molecule has 1 amide bonds. The van der Waals surface area contributed by atoms with Crippen molar-refractivity contribution in [3.63, 3.8) is 0 Å². The molecule has 0 aliphatic carbocycles. The summed E-state index contributed by atoms with van der Waals surface area (Å²) in [6.07, 6.45) is 1.53. The molecule has 1 aromatic heterocycles. The van der Waals surface area contributed by atoms with E-state index in [2.05, 4.69) is 10.5 Å². The maximum absolute atomic E-state index is 14.0. The van der Waals surface area contributed by atoms with Crippen molar-refractivity contribution >= 4 is 62.6 Å². The molecule has 4 aromatic carbocycles. The normalized spacial score (nSPS) is 11.6. The number of aromatic nitrogens is 1. The molecular formula is C34H29Cl3N4O3S. The molecule has 0 fully saturated rings. The Morgan fingerprint density at radius 3 is 2.29 bits per heavy atom. The first-order valence-corrected chi connectivity index (χ1v) is 16.4. The van der Waals surface area contributed by atoms with E-state index in [0.29, 0.717) is 20.6 Å². The minimum absolute atomic E-state index is 0.0288. The van der Waals surface area contributed by atoms with Crippen LogP contribution in [-0.2, 0) is 16.6 Å². The van der Waals surface area contributed by atoms with E-state index in [-0.39, 0.29) is 22.7 Å². The monoisotopic (exact) mass is 678 g/mol. The number of nitrogens with one attached hydrogen (secondary N) is 1. The second-order valence-electron chi connectivity index (χ2n) is 10.4. The lowest BCUT2D eigenvalue weighted by atomic mass is 10.1. The van der Waals surface area contributed by atoms with Gasteiger partial charge in [0.25, 0.3) is 15.9 Å². The summed E-state index contributed by atoms with van der Waals surface area (Å²) in [5.74, 6) is -0.575. The highest BCUT2D eigenvalue weighted by Crippen LogP contribution is 2.32. The van der Waals surface area contributed by atoms with E-state index in [4.69, 9.17) is 34.8 Å². The lowest BCUT2D eigenvalue weighted by Gasteiger charge is -2.26. The summed E-state index contributed by atoms with van der Waals surface area (Å²) in [5.41, 5.74) is 7.74. The number of sulfonamides is 1. The molecule has 0 atom stereocenters. The number of hydrazone groups is 1. The third kappa shape index (κ3) is 6.94. The zero-order valence-corrected chi connectivity index (χ0v) is 27.7. The standard InChI is InChI=1S/C34H29Cl3N4O3S/c1-22-11-17-28(18-12-22)45(43,44)40(21-25-13-15-27(35)16-14-25)31-9-5-4-7-29(31)34(42)39-38-20-26-19-23(2)41(24(26)3)32-10-6-8-30(36)33(32)37/h4-20H,21H2,1-3H3,(H,39,42)/b38-20+. The first-order valence-electron chi connectivity index (χ1n) is 13.9. The van der Waals surface area contributed by atoms with Crippen LogP contribution in [0.15, 0.2) is 107 Å². The quantitative estimate of drug-likeness (QED) is 0.125. The Kier molecular flexibility index (Phi) is 9.70. The third-order valence-electron chi connectivity index (χ3n) is 7.28. The number of carbonyl (C=O) groups excluding carboxylic acids is 1. The SMILES string of the molecule is Cc1ccc(S(=O)(=O)N(Cc2ccc(Cl)cc2)c2ccccc2C(=O)N/N=C/c2cc(C)n(-c3cccc(Cl)c3Cl)c2C)cc1. The average molecular weight is 680 g/mol. The lowest BCUT2D eigenvalue weighted by molar-refractivity contribution is 0.0955. The van der Waals surface area contributed by atoms with Gasteiger partial charge < -0.3 is 4.57 Å². The molecule has 0 spiro atoms. The molecule has 45 heavy (non-hydrogen) atoms. The number of para-hydroxylation sites is 1. The van der Waals surface area contributed by atoms with E-state index in [9.17, 15) is 13.2 Å². The Hall–Kier alpha value is -4.08. The maximum Gasteiger partial charge on any atom is 0.273 e. The Morgan fingerprint density at radius 1 is 0.889 bits per heavy atom. The van der Waals surface area contributed by atoms with E-state index in [1.54, 1.807) is 78.9 Å². The van der Waals surface area contributed by atoms with E-state index in [1.165, 1.54) is 10.5 Å². The predicted molar refractivity (Wildman–Crippen MR) is 183 cm³/mol. The van der Waals surface area contributed by atoms with Crippen molar-refractivity contribution in [2.45, 2.75) is 32.2 Å². The third-order valence-corrected chi connectivity index (χ3v) is 10.1. The number of anilines is 1. The van der Waals surface area contributed by atoms with Crippen molar-refractivity contribution in [1.82, 2.24) is 9.99 Å². The van der Waals surface area contributed by atoms with Gasteiger partial charge >= 0.3 is 0 Å². The minimum atomic E-state index is -4.08. The van der Waals surface area contributed by atoms with Gasteiger partial charge in [-0.25, -0.2) is 13.8 Å². The van der Waals surface area contributed by atoms with E-state index in [0.717, 1.165) is 28.2 Å². The number of rotatable bonds is 9. The molecule has 5 rings (SSSR count). The van der Waals surface area contributed by atoms with Crippen LogP contribution < -0.4 is 9.73 Å². The molecule has 1 heterocycles. The van der Waals surface area contributed by atoms with Crippen molar-refractivity contribution in [2.75, 3.05) is 4.31 Å². The smallest absolute Gasteiger partial charge is 0.273 e. The van der Waals surface area contributed by atoms with Crippen LogP contribution in [0.2, 0.25) is 15.1 Å². The molecule has 0 saturated carbocycles. The highest BCUT2D eigenvalue weighted by atomic mass is 35.5. The second kappa shape index (κ2) is 13.5. The molecule has 0 unspecified atom stereocenters. The predicted octanol–water partition coefficient (Wildman–Crippen LogP) is 8.52. The number of hydrogen-bond acceptors (Lipinski definition) is 4. The first kappa shape index (κ1) is 32.3. The molecule has 230 valence electrons. The molecule has 0 saturated heterocycles. The number of aryl methyl sites for hydroxylation is 2. The number of nitrogens with zero attached hydrogens (tertiary/aromatic N) is 3. The number of carbonyl (C=O) groups is 1. The Morgan fingerprint density at radius 2 is 1.58 bits per heavy atom. The summed E-state index contributed by atoms with van der Waals surface area (Å²) in [4.78, 5) is 13.6. The fourth-order valence-corrected chi connectivity index (χ4v) is 6.93. The highest BCUT2D eigenvalue weighted by Gasteiger charge is 2.28. The molecule has 0 aliphatic heterocycles. The Bertz CT molecular complexity index is 2010. The Labute approximate surface area is 277 Å². The number of benzene rings is 4. The molecule has 7 nitrogen and oxygen atoms in total. The number of amides is 1. The number of hydrogen-bond donors (Lipinski definition) is 1. The summed E-state index contributed by atoms with van der Waals surface area (Å²) < 4.78 is 31.3. The zero-order valence-electron chi connectivity index (χ0n) is 24.6. The van der Waals surface area contributed by atoms with Crippen LogP contribution in [0.5, 0.6) is 0 Å². The molecule has 0 bridgehead atoms. The van der Waals surface area contributed by atoms with Crippen molar-refractivity contribution in [1.29, 1.82) is 0 Å². The summed E-state index contributed by atoms with van der Waals surface area (Å²) in [7, 11) is -4.08. The van der Waals surface area contributed by atoms with Crippen LogP contribution in [0, 0.1) is 20.8 Å². The average Bonchev–Trinajstić information content (AvgIpc) is 3.30. The van der Waals surface area contributed by atoms with Gasteiger partial charge in [-0.15, -0.1) is 0 Å². The largest absolute Gasteiger partial charge is 0.316 e. The van der Waals surface area contributed by atoms with Gasteiger partial charge in [0.15, 0.2) is 0 Å². The molecule has 0 radical (unpaired) electrons. The summed E-state index contributed by atoms with van der Waals surface area (Å²) >= 11 is 18.8. The van der Waals surface area contributed by atoms with E-state index < -0.39 is 15.9 Å². The van der Waals surface area contributed by atoms with Crippen LogP contribution in [0.1, 0.15) is 38.4 Å². The molecule has 11 heteroatoms. The van der Waals surface area contributed by atoms with Gasteiger partial charge in [-0.1, -0.05) is 82.8 Å². The second-order valence-corrected chi connectivity index (χ2v) is 13.5. The summed E-state index contributed by atoms with van der Waals surface area (Å²) in [6, 6.07) is 27.3.